The summed E-state index contributed by atoms with van der Waals surface area (Å²) >= 11 is 0. The Labute approximate surface area is 179 Å². The number of anilines is 3. The van der Waals surface area contributed by atoms with Gasteiger partial charge in [-0.1, -0.05) is 0 Å². The Balaban J connectivity index is 0.00000256. The second-order valence-corrected chi connectivity index (χ2v) is 6.57. The lowest BCUT2D eigenvalue weighted by molar-refractivity contribution is 0.181. The van der Waals surface area contributed by atoms with Crippen LogP contribution in [0.4, 0.5) is 26.5 Å². The van der Waals surface area contributed by atoms with Gasteiger partial charge >= 0.3 is 6.09 Å². The van der Waals surface area contributed by atoms with Crippen molar-refractivity contribution in [1.29, 1.82) is 0 Å². The molecule has 1 saturated heterocycles. The van der Waals surface area contributed by atoms with Gasteiger partial charge in [0.1, 0.15) is 18.2 Å². The van der Waals surface area contributed by atoms with Gasteiger partial charge in [0.25, 0.3) is 0 Å². The van der Waals surface area contributed by atoms with Crippen LogP contribution in [0.25, 0.3) is 11.4 Å². The minimum Gasteiger partial charge on any atom is -0.496 e. The van der Waals surface area contributed by atoms with Crippen molar-refractivity contribution in [1.82, 2.24) is 14.8 Å². The Morgan fingerprint density at radius 1 is 1.17 bits per heavy atom. The summed E-state index contributed by atoms with van der Waals surface area (Å²) in [6.07, 6.45) is -0.373. The summed E-state index contributed by atoms with van der Waals surface area (Å²) in [4.78, 5) is 15.2. The molecule has 4 rings (SSSR count). The Bertz CT molecular complexity index is 1060. The molecule has 1 aliphatic heterocycles. The van der Waals surface area contributed by atoms with Crippen LogP contribution in [0, 0.1) is 5.82 Å². The number of methoxy groups -OCH3 is 1. The molecule has 0 spiro atoms. The first-order valence-electron chi connectivity index (χ1n) is 9.01. The predicted molar refractivity (Wildman–Crippen MR) is 113 cm³/mol. The summed E-state index contributed by atoms with van der Waals surface area (Å²) in [6, 6.07) is 11.6. The van der Waals surface area contributed by atoms with Gasteiger partial charge in [0.2, 0.25) is 5.95 Å². The molecule has 0 saturated carbocycles. The van der Waals surface area contributed by atoms with Crippen LogP contribution < -0.4 is 14.5 Å². The zero-order valence-corrected chi connectivity index (χ0v) is 17.5. The second-order valence-electron chi connectivity index (χ2n) is 6.57. The Kier molecular flexibility index (Phi) is 6.12. The lowest BCUT2D eigenvalue weighted by Crippen LogP contribution is -2.23. The molecule has 0 atom stereocenters. The van der Waals surface area contributed by atoms with Gasteiger partial charge < -0.3 is 14.4 Å². The molecule has 2 aromatic carbocycles. The van der Waals surface area contributed by atoms with E-state index in [1.807, 2.05) is 35.7 Å². The predicted octanol–water partition coefficient (Wildman–Crippen LogP) is 3.78. The molecule has 1 amide bonds. The highest BCUT2D eigenvalue weighted by atomic mass is 35.5. The molecular weight excluding hydrogens is 413 g/mol. The molecule has 2 heterocycles. The zero-order chi connectivity index (χ0) is 20.5. The number of carbonyl (C=O) groups is 1. The summed E-state index contributed by atoms with van der Waals surface area (Å²) in [5.74, 6) is 1.45. The molecule has 1 fully saturated rings. The molecule has 0 aliphatic carbocycles. The Morgan fingerprint density at radius 3 is 2.53 bits per heavy atom. The highest BCUT2D eigenvalue weighted by molar-refractivity contribution is 5.90. The monoisotopic (exact) mass is 433 g/mol. The largest absolute Gasteiger partial charge is 0.496 e. The number of carbonyl (C=O) groups excluding carboxylic acids is 1. The summed E-state index contributed by atoms with van der Waals surface area (Å²) < 4.78 is 25.6. The van der Waals surface area contributed by atoms with Crippen LogP contribution in [0.5, 0.6) is 5.75 Å². The van der Waals surface area contributed by atoms with Gasteiger partial charge in [-0.05, 0) is 36.4 Å². The molecule has 3 aromatic rings. The third-order valence-electron chi connectivity index (χ3n) is 4.86. The van der Waals surface area contributed by atoms with Crippen molar-refractivity contribution in [2.45, 2.75) is 0 Å². The van der Waals surface area contributed by atoms with Crippen molar-refractivity contribution in [2.75, 3.05) is 37.1 Å². The molecular formula is C20H21ClFN5O3. The molecule has 1 aliphatic rings. The number of nitrogens with zero attached hydrogens (tertiary/aromatic N) is 5. The number of benzene rings is 2. The van der Waals surface area contributed by atoms with Crippen molar-refractivity contribution in [3.63, 3.8) is 0 Å². The fraction of sp³-hybridized carbons (Fsp3) is 0.250. The number of cyclic esters (lactones) is 1. The van der Waals surface area contributed by atoms with Crippen molar-refractivity contribution >= 4 is 35.8 Å². The van der Waals surface area contributed by atoms with Crippen LogP contribution in [-0.2, 0) is 11.8 Å². The molecule has 0 radical (unpaired) electrons. The molecule has 158 valence electrons. The normalized spacial score (nSPS) is 13.1. The number of amides is 1. The number of ether oxygens (including phenoxy) is 2. The van der Waals surface area contributed by atoms with Crippen molar-refractivity contribution in [2.24, 2.45) is 7.05 Å². The van der Waals surface area contributed by atoms with E-state index in [1.165, 1.54) is 12.1 Å². The number of halogens is 2. The minimum atomic E-state index is -0.373. The third kappa shape index (κ3) is 3.76. The first-order valence-corrected chi connectivity index (χ1v) is 9.01. The van der Waals surface area contributed by atoms with Gasteiger partial charge in [-0.3, -0.25) is 9.47 Å². The van der Waals surface area contributed by atoms with Gasteiger partial charge in [-0.25, -0.2) is 9.18 Å². The summed E-state index contributed by atoms with van der Waals surface area (Å²) in [5.41, 5.74) is 2.21. The number of hydrogen-bond acceptors (Lipinski definition) is 6. The quantitative estimate of drug-likeness (QED) is 0.609. The Hall–Kier alpha value is -3.33. The van der Waals surface area contributed by atoms with Gasteiger partial charge in [-0.15, -0.1) is 22.6 Å². The molecule has 0 bridgehead atoms. The zero-order valence-electron chi connectivity index (χ0n) is 16.7. The van der Waals surface area contributed by atoms with Crippen LogP contribution in [0.3, 0.4) is 0 Å². The van der Waals surface area contributed by atoms with Gasteiger partial charge in [0, 0.05) is 25.8 Å². The number of aromatic nitrogens is 3. The summed E-state index contributed by atoms with van der Waals surface area (Å²) in [7, 11) is 5.24. The molecule has 0 N–H and O–H groups in total. The van der Waals surface area contributed by atoms with Gasteiger partial charge in [-0.2, -0.15) is 0 Å². The number of hydrogen-bond donors (Lipinski definition) is 0. The average molecular weight is 434 g/mol. The Morgan fingerprint density at radius 2 is 1.90 bits per heavy atom. The van der Waals surface area contributed by atoms with Crippen LogP contribution >= 0.6 is 12.4 Å². The fourth-order valence-corrected chi connectivity index (χ4v) is 3.29. The second kappa shape index (κ2) is 8.58. The first kappa shape index (κ1) is 21.4. The maximum atomic E-state index is 13.2. The van der Waals surface area contributed by atoms with E-state index in [4.69, 9.17) is 9.47 Å². The standard InChI is InChI=1S/C20H20FN5O3.ClH/c1-24(14-6-4-13(21)5-7-14)19-23-22-18(25(19)2)16-9-8-15(12-17(16)28-3)26-10-11-29-20(26)27;/h4-9,12H,10-11H2,1-3H3;1H. The van der Waals surface area contributed by atoms with Crippen LogP contribution in [-0.4, -0.2) is 48.2 Å². The van der Waals surface area contributed by atoms with E-state index >= 15 is 0 Å². The van der Waals surface area contributed by atoms with E-state index in [2.05, 4.69) is 10.2 Å². The average Bonchev–Trinajstić information content (AvgIpc) is 3.33. The van der Waals surface area contributed by atoms with Crippen LogP contribution in [0.2, 0.25) is 0 Å². The lowest BCUT2D eigenvalue weighted by Gasteiger charge is -2.18. The third-order valence-corrected chi connectivity index (χ3v) is 4.86. The van der Waals surface area contributed by atoms with Gasteiger partial charge in [0.15, 0.2) is 5.82 Å². The first-order chi connectivity index (χ1) is 14.0. The van der Waals surface area contributed by atoms with Crippen molar-refractivity contribution in [3.05, 3.63) is 48.3 Å². The summed E-state index contributed by atoms with van der Waals surface area (Å²) in [5, 5.41) is 8.60. The maximum Gasteiger partial charge on any atom is 0.414 e. The SMILES string of the molecule is COc1cc(N2CCOC2=O)ccc1-c1nnc(N(C)c2ccc(F)cc2)n1C.Cl. The minimum absolute atomic E-state index is 0. The van der Waals surface area contributed by atoms with E-state index in [0.29, 0.717) is 36.4 Å². The molecule has 0 unspecified atom stereocenters. The highest BCUT2D eigenvalue weighted by Gasteiger charge is 2.25. The maximum absolute atomic E-state index is 13.2. The van der Waals surface area contributed by atoms with E-state index in [1.54, 1.807) is 30.2 Å². The number of rotatable bonds is 5. The van der Waals surface area contributed by atoms with E-state index in [9.17, 15) is 9.18 Å². The highest BCUT2D eigenvalue weighted by Crippen LogP contribution is 2.35. The van der Waals surface area contributed by atoms with Crippen molar-refractivity contribution < 1.29 is 18.7 Å². The molecule has 8 nitrogen and oxygen atoms in total. The van der Waals surface area contributed by atoms with Crippen molar-refractivity contribution in [3.8, 4) is 17.1 Å². The fourth-order valence-electron chi connectivity index (χ4n) is 3.29. The van der Waals surface area contributed by atoms with Crippen LogP contribution in [0.15, 0.2) is 42.5 Å². The lowest BCUT2D eigenvalue weighted by atomic mass is 10.1. The molecule has 30 heavy (non-hydrogen) atoms. The van der Waals surface area contributed by atoms with Gasteiger partial charge in [0.05, 0.1) is 24.9 Å². The molecule has 10 heteroatoms. The topological polar surface area (TPSA) is 72.7 Å². The van der Waals surface area contributed by atoms with E-state index in [0.717, 1.165) is 11.3 Å². The summed E-state index contributed by atoms with van der Waals surface area (Å²) in [6.45, 7) is 0.864. The van der Waals surface area contributed by atoms with E-state index < -0.39 is 0 Å². The van der Waals surface area contributed by atoms with Crippen LogP contribution in [0.1, 0.15) is 0 Å². The smallest absolute Gasteiger partial charge is 0.414 e. The molecule has 1 aromatic heterocycles. The van der Waals surface area contributed by atoms with E-state index in [-0.39, 0.29) is 24.3 Å².